The number of aryl methyl sites for hydroxylation is 1. The molecule has 1 unspecified atom stereocenters. The van der Waals surface area contributed by atoms with Gasteiger partial charge in [0.05, 0.1) is 0 Å². The number of nitrogens with one attached hydrogen (secondary N) is 3. The van der Waals surface area contributed by atoms with Crippen LogP contribution in [0.5, 0.6) is 0 Å². The predicted molar refractivity (Wildman–Crippen MR) is 108 cm³/mol. The zero-order chi connectivity index (χ0) is 18.2. The van der Waals surface area contributed by atoms with E-state index in [-0.39, 0.29) is 30.4 Å². The SMILES string of the molecule is Cc1ccc(C(=O)NCCC(C)N)cc1NC(=O)Nc1ccccc1.Cl. The first kappa shape index (κ1) is 21.5. The molecule has 0 aliphatic heterocycles. The van der Waals surface area contributed by atoms with Gasteiger partial charge in [0.2, 0.25) is 0 Å². The van der Waals surface area contributed by atoms with Gasteiger partial charge >= 0.3 is 6.03 Å². The lowest BCUT2D eigenvalue weighted by atomic mass is 10.1. The molecule has 140 valence electrons. The highest BCUT2D eigenvalue weighted by atomic mass is 35.5. The zero-order valence-corrected chi connectivity index (χ0v) is 15.7. The molecule has 3 amide bonds. The molecular formula is C19H25ClN4O2. The molecule has 0 radical (unpaired) electrons. The molecule has 2 rings (SSSR count). The number of anilines is 2. The van der Waals surface area contributed by atoms with Gasteiger partial charge in [-0.3, -0.25) is 4.79 Å². The van der Waals surface area contributed by atoms with Gasteiger partial charge in [-0.05, 0) is 50.1 Å². The second kappa shape index (κ2) is 10.4. The van der Waals surface area contributed by atoms with E-state index >= 15 is 0 Å². The number of carbonyl (C=O) groups excluding carboxylic acids is 2. The molecule has 0 bridgehead atoms. The minimum Gasteiger partial charge on any atom is -0.352 e. The van der Waals surface area contributed by atoms with Crippen LogP contribution in [0, 0.1) is 6.92 Å². The van der Waals surface area contributed by atoms with Gasteiger partial charge in [-0.25, -0.2) is 4.79 Å². The van der Waals surface area contributed by atoms with Crippen molar-refractivity contribution >= 4 is 35.7 Å². The monoisotopic (exact) mass is 376 g/mol. The van der Waals surface area contributed by atoms with E-state index in [4.69, 9.17) is 5.73 Å². The number of urea groups is 1. The maximum absolute atomic E-state index is 12.2. The summed E-state index contributed by atoms with van der Waals surface area (Å²) in [7, 11) is 0. The lowest BCUT2D eigenvalue weighted by Crippen LogP contribution is -2.29. The fourth-order valence-electron chi connectivity index (χ4n) is 2.22. The van der Waals surface area contributed by atoms with E-state index in [1.807, 2.05) is 32.0 Å². The van der Waals surface area contributed by atoms with Crippen LogP contribution in [0.4, 0.5) is 16.2 Å². The maximum atomic E-state index is 12.2. The molecule has 0 fully saturated rings. The van der Waals surface area contributed by atoms with Crippen LogP contribution in [-0.4, -0.2) is 24.5 Å². The molecule has 6 nitrogen and oxygen atoms in total. The molecule has 26 heavy (non-hydrogen) atoms. The highest BCUT2D eigenvalue weighted by molar-refractivity contribution is 6.02. The highest BCUT2D eigenvalue weighted by Gasteiger charge is 2.10. The standard InChI is InChI=1S/C19H24N4O2.ClH/c1-13-8-9-15(18(24)21-11-10-14(2)20)12-17(13)23-19(25)22-16-6-4-3-5-7-16;/h3-9,12,14H,10-11,20H2,1-2H3,(H,21,24)(H2,22,23,25);1H. The van der Waals surface area contributed by atoms with Crippen LogP contribution in [0.3, 0.4) is 0 Å². The van der Waals surface area contributed by atoms with Crippen LogP contribution in [-0.2, 0) is 0 Å². The van der Waals surface area contributed by atoms with E-state index in [2.05, 4.69) is 16.0 Å². The first-order valence-electron chi connectivity index (χ1n) is 8.23. The number of rotatable bonds is 6. The van der Waals surface area contributed by atoms with Crippen molar-refractivity contribution < 1.29 is 9.59 Å². The molecule has 2 aromatic rings. The third-order valence-electron chi connectivity index (χ3n) is 3.66. The van der Waals surface area contributed by atoms with Gasteiger partial charge in [0.1, 0.15) is 0 Å². The van der Waals surface area contributed by atoms with E-state index in [0.29, 0.717) is 29.9 Å². The Bertz CT molecular complexity index is 736. The second-order valence-electron chi connectivity index (χ2n) is 6.00. The van der Waals surface area contributed by atoms with Crippen molar-refractivity contribution in [2.75, 3.05) is 17.2 Å². The molecule has 2 aromatic carbocycles. The van der Waals surface area contributed by atoms with Crippen LogP contribution in [0.15, 0.2) is 48.5 Å². The van der Waals surface area contributed by atoms with Gasteiger partial charge in [0.25, 0.3) is 5.91 Å². The number of carbonyl (C=O) groups is 2. The Morgan fingerprint density at radius 1 is 1.08 bits per heavy atom. The van der Waals surface area contributed by atoms with Gasteiger partial charge < -0.3 is 21.7 Å². The number of para-hydroxylation sites is 1. The van der Waals surface area contributed by atoms with E-state index in [9.17, 15) is 9.59 Å². The first-order chi connectivity index (χ1) is 12.0. The van der Waals surface area contributed by atoms with E-state index < -0.39 is 0 Å². The normalized spacial score (nSPS) is 11.0. The quantitative estimate of drug-likeness (QED) is 0.621. The summed E-state index contributed by atoms with van der Waals surface area (Å²) in [5.74, 6) is -0.188. The fourth-order valence-corrected chi connectivity index (χ4v) is 2.22. The Morgan fingerprint density at radius 2 is 1.77 bits per heavy atom. The Kier molecular flexibility index (Phi) is 8.61. The molecule has 0 aliphatic carbocycles. The Labute approximate surface area is 160 Å². The topological polar surface area (TPSA) is 96.2 Å². The van der Waals surface area contributed by atoms with Gasteiger partial charge in [0.15, 0.2) is 0 Å². The van der Waals surface area contributed by atoms with E-state index in [1.165, 1.54) is 0 Å². The van der Waals surface area contributed by atoms with Gasteiger partial charge in [-0.15, -0.1) is 12.4 Å². The summed E-state index contributed by atoms with van der Waals surface area (Å²) in [4.78, 5) is 24.3. The summed E-state index contributed by atoms with van der Waals surface area (Å²) in [5.41, 5.74) is 8.32. The number of halogens is 1. The Balaban J connectivity index is 0.00000338. The molecule has 0 saturated heterocycles. The van der Waals surface area contributed by atoms with Crippen LogP contribution in [0.1, 0.15) is 29.3 Å². The minimum absolute atomic E-state index is 0. The molecule has 0 aromatic heterocycles. The average Bonchev–Trinajstić information content (AvgIpc) is 2.57. The van der Waals surface area contributed by atoms with Crippen molar-refractivity contribution in [1.82, 2.24) is 5.32 Å². The van der Waals surface area contributed by atoms with Crippen molar-refractivity contribution in [3.05, 3.63) is 59.7 Å². The lowest BCUT2D eigenvalue weighted by molar-refractivity contribution is 0.0953. The van der Waals surface area contributed by atoms with Gasteiger partial charge in [0, 0.05) is 29.5 Å². The third kappa shape index (κ3) is 6.74. The molecule has 0 aliphatic rings. The van der Waals surface area contributed by atoms with Crippen LogP contribution >= 0.6 is 12.4 Å². The molecule has 0 heterocycles. The summed E-state index contributed by atoms with van der Waals surface area (Å²) >= 11 is 0. The number of hydrogen-bond donors (Lipinski definition) is 4. The lowest BCUT2D eigenvalue weighted by Gasteiger charge is -2.12. The third-order valence-corrected chi connectivity index (χ3v) is 3.66. The molecule has 1 atom stereocenters. The molecule has 0 saturated carbocycles. The minimum atomic E-state index is -0.358. The number of hydrogen-bond acceptors (Lipinski definition) is 3. The molecule has 5 N–H and O–H groups in total. The number of nitrogens with two attached hydrogens (primary N) is 1. The van der Waals surface area contributed by atoms with E-state index in [1.54, 1.807) is 30.3 Å². The first-order valence-corrected chi connectivity index (χ1v) is 8.23. The summed E-state index contributed by atoms with van der Waals surface area (Å²) in [5, 5.41) is 8.35. The fraction of sp³-hybridized carbons (Fsp3) is 0.263. The van der Waals surface area contributed by atoms with Gasteiger partial charge in [-0.1, -0.05) is 24.3 Å². The molecule has 0 spiro atoms. The second-order valence-corrected chi connectivity index (χ2v) is 6.00. The van der Waals surface area contributed by atoms with Crippen LogP contribution in [0.2, 0.25) is 0 Å². The van der Waals surface area contributed by atoms with Crippen molar-refractivity contribution in [1.29, 1.82) is 0 Å². The van der Waals surface area contributed by atoms with Crippen molar-refractivity contribution in [3.63, 3.8) is 0 Å². The summed E-state index contributed by atoms with van der Waals surface area (Å²) in [6.07, 6.45) is 0.711. The summed E-state index contributed by atoms with van der Waals surface area (Å²) < 4.78 is 0. The van der Waals surface area contributed by atoms with Gasteiger partial charge in [-0.2, -0.15) is 0 Å². The van der Waals surface area contributed by atoms with Crippen molar-refractivity contribution in [3.8, 4) is 0 Å². The molecule has 7 heteroatoms. The predicted octanol–water partition coefficient (Wildman–Crippen LogP) is 3.53. The number of amides is 3. The van der Waals surface area contributed by atoms with Crippen molar-refractivity contribution in [2.24, 2.45) is 5.73 Å². The Hall–Kier alpha value is -2.57. The van der Waals surface area contributed by atoms with E-state index in [0.717, 1.165) is 5.56 Å². The molecular weight excluding hydrogens is 352 g/mol. The maximum Gasteiger partial charge on any atom is 0.323 e. The highest BCUT2D eigenvalue weighted by Crippen LogP contribution is 2.17. The number of benzene rings is 2. The van der Waals surface area contributed by atoms with Crippen LogP contribution < -0.4 is 21.7 Å². The summed E-state index contributed by atoms with van der Waals surface area (Å²) in [6.45, 7) is 4.28. The van der Waals surface area contributed by atoms with Crippen LogP contribution in [0.25, 0.3) is 0 Å². The smallest absolute Gasteiger partial charge is 0.323 e. The average molecular weight is 377 g/mol. The van der Waals surface area contributed by atoms with Crippen molar-refractivity contribution in [2.45, 2.75) is 26.3 Å². The summed E-state index contributed by atoms with van der Waals surface area (Å²) in [6, 6.07) is 14.0. The Morgan fingerprint density at radius 3 is 2.42 bits per heavy atom. The largest absolute Gasteiger partial charge is 0.352 e. The zero-order valence-electron chi connectivity index (χ0n) is 14.9.